The van der Waals surface area contributed by atoms with Gasteiger partial charge in [0.2, 0.25) is 0 Å². The SMILES string of the molecule is CCOC(=O)N1CCC(C(=O)O)=Cc2ccccc21. The van der Waals surface area contributed by atoms with E-state index in [1.165, 1.54) is 4.90 Å². The van der Waals surface area contributed by atoms with Gasteiger partial charge in [-0.2, -0.15) is 0 Å². The van der Waals surface area contributed by atoms with E-state index in [-0.39, 0.29) is 6.61 Å². The number of para-hydroxylation sites is 1. The van der Waals surface area contributed by atoms with Gasteiger partial charge < -0.3 is 9.84 Å². The minimum Gasteiger partial charge on any atom is -0.478 e. The number of benzene rings is 1. The van der Waals surface area contributed by atoms with Gasteiger partial charge in [0.1, 0.15) is 0 Å². The Morgan fingerprint density at radius 2 is 2.11 bits per heavy atom. The van der Waals surface area contributed by atoms with Gasteiger partial charge in [-0.3, -0.25) is 4.90 Å². The zero-order valence-electron chi connectivity index (χ0n) is 10.6. The fourth-order valence-electron chi connectivity index (χ4n) is 2.03. The standard InChI is InChI=1S/C14H15NO4/c1-2-19-14(18)15-8-7-11(13(16)17)9-10-5-3-4-6-12(10)15/h3-6,9H,2,7-8H2,1H3,(H,16,17). The lowest BCUT2D eigenvalue weighted by Gasteiger charge is -2.21. The normalized spacial score (nSPS) is 14.2. The molecule has 19 heavy (non-hydrogen) atoms. The topological polar surface area (TPSA) is 66.8 Å². The third-order valence-corrected chi connectivity index (χ3v) is 2.92. The fourth-order valence-corrected chi connectivity index (χ4v) is 2.03. The highest BCUT2D eigenvalue weighted by Gasteiger charge is 2.23. The molecule has 0 unspecified atom stereocenters. The zero-order valence-corrected chi connectivity index (χ0v) is 10.6. The van der Waals surface area contributed by atoms with Crippen LogP contribution in [0, 0.1) is 0 Å². The fraction of sp³-hybridized carbons (Fsp3) is 0.286. The molecule has 0 aromatic heterocycles. The van der Waals surface area contributed by atoms with Gasteiger partial charge >= 0.3 is 12.1 Å². The molecular formula is C14H15NO4. The van der Waals surface area contributed by atoms with Crippen molar-refractivity contribution in [3.8, 4) is 0 Å². The van der Waals surface area contributed by atoms with Crippen molar-refractivity contribution >= 4 is 23.8 Å². The predicted octanol–water partition coefficient (Wildman–Crippen LogP) is 2.52. The summed E-state index contributed by atoms with van der Waals surface area (Å²) in [6, 6.07) is 7.19. The highest BCUT2D eigenvalue weighted by molar-refractivity contribution is 5.97. The molecule has 5 nitrogen and oxygen atoms in total. The Labute approximate surface area is 111 Å². The smallest absolute Gasteiger partial charge is 0.414 e. The summed E-state index contributed by atoms with van der Waals surface area (Å²) >= 11 is 0. The van der Waals surface area contributed by atoms with E-state index in [1.54, 1.807) is 25.1 Å². The molecule has 1 amide bonds. The van der Waals surface area contributed by atoms with Gasteiger partial charge in [0.05, 0.1) is 12.3 Å². The number of hydrogen-bond acceptors (Lipinski definition) is 3. The molecule has 1 aromatic carbocycles. The van der Waals surface area contributed by atoms with E-state index in [2.05, 4.69) is 0 Å². The summed E-state index contributed by atoms with van der Waals surface area (Å²) in [7, 11) is 0. The molecule has 0 saturated heterocycles. The molecule has 0 radical (unpaired) electrons. The molecule has 0 atom stereocenters. The van der Waals surface area contributed by atoms with Crippen molar-refractivity contribution in [2.24, 2.45) is 0 Å². The van der Waals surface area contributed by atoms with Crippen LogP contribution in [0.1, 0.15) is 18.9 Å². The van der Waals surface area contributed by atoms with Crippen LogP contribution in [0.3, 0.4) is 0 Å². The average Bonchev–Trinajstić information content (AvgIpc) is 2.58. The minimum atomic E-state index is -0.958. The number of anilines is 1. The van der Waals surface area contributed by atoms with Crippen molar-refractivity contribution in [1.29, 1.82) is 0 Å². The van der Waals surface area contributed by atoms with Crippen LogP contribution in [-0.2, 0) is 9.53 Å². The number of carboxylic acid groups (broad SMARTS) is 1. The second-order valence-electron chi connectivity index (χ2n) is 4.13. The number of rotatable bonds is 2. The van der Waals surface area contributed by atoms with E-state index < -0.39 is 12.1 Å². The van der Waals surface area contributed by atoms with Crippen LogP contribution in [0.25, 0.3) is 6.08 Å². The molecule has 1 N–H and O–H groups in total. The van der Waals surface area contributed by atoms with Gasteiger partial charge in [0, 0.05) is 12.1 Å². The molecule has 0 fully saturated rings. The number of hydrogen-bond donors (Lipinski definition) is 1. The number of carbonyl (C=O) groups is 2. The molecule has 0 aliphatic carbocycles. The van der Waals surface area contributed by atoms with Gasteiger partial charge in [-0.25, -0.2) is 9.59 Å². The van der Waals surface area contributed by atoms with Gasteiger partial charge in [0.25, 0.3) is 0 Å². The first-order chi connectivity index (χ1) is 9.13. The van der Waals surface area contributed by atoms with Gasteiger partial charge in [0.15, 0.2) is 0 Å². The Morgan fingerprint density at radius 3 is 2.79 bits per heavy atom. The number of carbonyl (C=O) groups excluding carboxylic acids is 1. The van der Waals surface area contributed by atoms with Crippen LogP contribution in [0.15, 0.2) is 29.8 Å². The number of aliphatic carboxylic acids is 1. The Hall–Kier alpha value is -2.30. The maximum Gasteiger partial charge on any atom is 0.414 e. The monoisotopic (exact) mass is 261 g/mol. The Balaban J connectivity index is 2.40. The number of ether oxygens (including phenoxy) is 1. The summed E-state index contributed by atoms with van der Waals surface area (Å²) in [5.41, 5.74) is 1.68. The average molecular weight is 261 g/mol. The lowest BCUT2D eigenvalue weighted by Crippen LogP contribution is -2.32. The van der Waals surface area contributed by atoms with E-state index in [9.17, 15) is 9.59 Å². The van der Waals surface area contributed by atoms with Crippen molar-refractivity contribution in [2.45, 2.75) is 13.3 Å². The Kier molecular flexibility index (Phi) is 3.85. The van der Waals surface area contributed by atoms with Gasteiger partial charge in [-0.1, -0.05) is 18.2 Å². The van der Waals surface area contributed by atoms with Crippen molar-refractivity contribution in [3.05, 3.63) is 35.4 Å². The van der Waals surface area contributed by atoms with Crippen LogP contribution >= 0.6 is 0 Å². The number of nitrogens with zero attached hydrogens (tertiary/aromatic N) is 1. The molecule has 1 aliphatic heterocycles. The summed E-state index contributed by atoms with van der Waals surface area (Å²) in [4.78, 5) is 24.5. The highest BCUT2D eigenvalue weighted by atomic mass is 16.6. The quantitative estimate of drug-likeness (QED) is 0.888. The minimum absolute atomic E-state index is 0.288. The zero-order chi connectivity index (χ0) is 13.8. The summed E-state index contributed by atoms with van der Waals surface area (Å²) in [5.74, 6) is -0.958. The van der Waals surface area contributed by atoms with Crippen molar-refractivity contribution in [1.82, 2.24) is 0 Å². The molecule has 0 bridgehead atoms. The Morgan fingerprint density at radius 1 is 1.37 bits per heavy atom. The van der Waals surface area contributed by atoms with Gasteiger partial charge in [-0.15, -0.1) is 0 Å². The first-order valence-electron chi connectivity index (χ1n) is 6.10. The maximum absolute atomic E-state index is 11.9. The summed E-state index contributed by atoms with van der Waals surface area (Å²) in [6.07, 6.45) is 1.45. The summed E-state index contributed by atoms with van der Waals surface area (Å²) in [6.45, 7) is 2.33. The third-order valence-electron chi connectivity index (χ3n) is 2.92. The van der Waals surface area contributed by atoms with Crippen molar-refractivity contribution in [2.75, 3.05) is 18.1 Å². The van der Waals surface area contributed by atoms with Crippen LogP contribution in [0.2, 0.25) is 0 Å². The molecule has 0 saturated carbocycles. The van der Waals surface area contributed by atoms with E-state index in [4.69, 9.17) is 9.84 Å². The third kappa shape index (κ3) is 2.76. The van der Waals surface area contributed by atoms with E-state index in [1.807, 2.05) is 12.1 Å². The largest absolute Gasteiger partial charge is 0.478 e. The first-order valence-corrected chi connectivity index (χ1v) is 6.10. The van der Waals surface area contributed by atoms with Gasteiger partial charge in [-0.05, 0) is 31.1 Å². The highest BCUT2D eigenvalue weighted by Crippen LogP contribution is 2.28. The predicted molar refractivity (Wildman–Crippen MR) is 71.0 cm³/mol. The lowest BCUT2D eigenvalue weighted by atomic mass is 10.1. The molecule has 2 rings (SSSR count). The molecule has 1 heterocycles. The molecule has 0 spiro atoms. The molecular weight excluding hydrogens is 246 g/mol. The van der Waals surface area contributed by atoms with E-state index in [0.29, 0.717) is 29.8 Å². The summed E-state index contributed by atoms with van der Waals surface area (Å²) < 4.78 is 5.01. The molecule has 1 aromatic rings. The lowest BCUT2D eigenvalue weighted by molar-refractivity contribution is -0.132. The number of carboxylic acids is 1. The molecule has 1 aliphatic rings. The van der Waals surface area contributed by atoms with Crippen LogP contribution in [0.5, 0.6) is 0 Å². The summed E-state index contributed by atoms with van der Waals surface area (Å²) in [5, 5.41) is 9.11. The van der Waals surface area contributed by atoms with Crippen molar-refractivity contribution in [3.63, 3.8) is 0 Å². The molecule has 5 heteroatoms. The van der Waals surface area contributed by atoms with Crippen molar-refractivity contribution < 1.29 is 19.4 Å². The number of fused-ring (bicyclic) bond motifs is 1. The Bertz CT molecular complexity index is 536. The first kappa shape index (κ1) is 13.1. The second kappa shape index (κ2) is 5.56. The van der Waals surface area contributed by atoms with Crippen LogP contribution < -0.4 is 4.90 Å². The van der Waals surface area contributed by atoms with E-state index in [0.717, 1.165) is 0 Å². The van der Waals surface area contributed by atoms with E-state index >= 15 is 0 Å². The number of amides is 1. The second-order valence-corrected chi connectivity index (χ2v) is 4.13. The maximum atomic E-state index is 11.9. The van der Waals surface area contributed by atoms with Crippen LogP contribution in [-0.4, -0.2) is 30.3 Å². The van der Waals surface area contributed by atoms with Crippen LogP contribution in [0.4, 0.5) is 10.5 Å². The molecule has 100 valence electrons.